The first kappa shape index (κ1) is 11.5. The maximum atomic E-state index is 11.7. The summed E-state index contributed by atoms with van der Waals surface area (Å²) in [4.78, 5) is 11.7. The highest BCUT2D eigenvalue weighted by Crippen LogP contribution is 2.27. The van der Waals surface area contributed by atoms with E-state index in [1.54, 1.807) is 0 Å². The van der Waals surface area contributed by atoms with Gasteiger partial charge in [-0.05, 0) is 25.2 Å². The van der Waals surface area contributed by atoms with E-state index in [1.807, 2.05) is 0 Å². The summed E-state index contributed by atoms with van der Waals surface area (Å²) in [6, 6.07) is 0.0561. The molecule has 1 aliphatic rings. The van der Waals surface area contributed by atoms with Crippen LogP contribution in [-0.4, -0.2) is 18.5 Å². The highest BCUT2D eigenvalue weighted by molar-refractivity contribution is 5.79. The highest BCUT2D eigenvalue weighted by atomic mass is 16.1. The Balaban J connectivity index is 2.44. The number of nitrogens with one attached hydrogen (secondary N) is 1. The number of nitrogens with two attached hydrogens (primary N) is 1. The molecule has 1 saturated carbocycles. The zero-order chi connectivity index (χ0) is 10.6. The summed E-state index contributed by atoms with van der Waals surface area (Å²) in [5.41, 5.74) is 6.03. The zero-order valence-electron chi connectivity index (χ0n) is 9.25. The molecule has 3 N–H and O–H groups in total. The lowest BCUT2D eigenvalue weighted by Crippen LogP contribution is -2.47. The average Bonchev–Trinajstić information content (AvgIpc) is 2.18. The Morgan fingerprint density at radius 1 is 1.50 bits per heavy atom. The van der Waals surface area contributed by atoms with Gasteiger partial charge in [-0.2, -0.15) is 0 Å². The summed E-state index contributed by atoms with van der Waals surface area (Å²) >= 11 is 0. The van der Waals surface area contributed by atoms with E-state index in [0.717, 1.165) is 25.8 Å². The quantitative estimate of drug-likeness (QED) is 0.717. The third-order valence-electron chi connectivity index (χ3n) is 3.18. The fraction of sp³-hybridized carbons (Fsp3) is 0.909. The van der Waals surface area contributed by atoms with E-state index in [1.165, 1.54) is 6.42 Å². The van der Waals surface area contributed by atoms with Crippen LogP contribution < -0.4 is 11.1 Å². The van der Waals surface area contributed by atoms with E-state index in [2.05, 4.69) is 19.2 Å². The molecule has 1 amide bonds. The van der Waals surface area contributed by atoms with Gasteiger partial charge in [0, 0.05) is 12.6 Å². The molecule has 1 rings (SSSR count). The van der Waals surface area contributed by atoms with Crippen LogP contribution in [0.25, 0.3) is 0 Å². The summed E-state index contributed by atoms with van der Waals surface area (Å²) in [5.74, 6) is 0.692. The lowest BCUT2D eigenvalue weighted by molar-refractivity contribution is -0.127. The summed E-state index contributed by atoms with van der Waals surface area (Å²) < 4.78 is 0. The Bertz CT molecular complexity index is 194. The van der Waals surface area contributed by atoms with Crippen LogP contribution in [0, 0.1) is 11.8 Å². The second-order valence-corrected chi connectivity index (χ2v) is 4.38. The van der Waals surface area contributed by atoms with Crippen molar-refractivity contribution in [3.8, 4) is 0 Å². The number of carbonyl (C=O) groups is 1. The number of carbonyl (C=O) groups excluding carboxylic acids is 1. The fourth-order valence-corrected chi connectivity index (χ4v) is 2.13. The molecule has 0 radical (unpaired) electrons. The van der Waals surface area contributed by atoms with E-state index in [0.29, 0.717) is 5.92 Å². The van der Waals surface area contributed by atoms with Gasteiger partial charge >= 0.3 is 0 Å². The fourth-order valence-electron chi connectivity index (χ4n) is 2.13. The van der Waals surface area contributed by atoms with Crippen LogP contribution in [0.5, 0.6) is 0 Å². The SMILES string of the molecule is CCCNC(=O)C1CCCC(C)C1N. The summed E-state index contributed by atoms with van der Waals surface area (Å²) in [5, 5.41) is 2.93. The number of rotatable bonds is 3. The summed E-state index contributed by atoms with van der Waals surface area (Å²) in [6.07, 6.45) is 4.25. The summed E-state index contributed by atoms with van der Waals surface area (Å²) in [6.45, 7) is 4.98. The molecule has 3 atom stereocenters. The van der Waals surface area contributed by atoms with Gasteiger partial charge in [0.05, 0.1) is 5.92 Å². The molecule has 14 heavy (non-hydrogen) atoms. The van der Waals surface area contributed by atoms with E-state index in [9.17, 15) is 4.79 Å². The monoisotopic (exact) mass is 198 g/mol. The second-order valence-electron chi connectivity index (χ2n) is 4.38. The molecule has 0 aromatic rings. The molecule has 3 heteroatoms. The molecule has 0 heterocycles. The minimum Gasteiger partial charge on any atom is -0.356 e. The van der Waals surface area contributed by atoms with Crippen molar-refractivity contribution in [2.24, 2.45) is 17.6 Å². The van der Waals surface area contributed by atoms with Crippen molar-refractivity contribution < 1.29 is 4.79 Å². The summed E-state index contributed by atoms with van der Waals surface area (Å²) in [7, 11) is 0. The lowest BCUT2D eigenvalue weighted by Gasteiger charge is -2.32. The van der Waals surface area contributed by atoms with Crippen LogP contribution in [0.2, 0.25) is 0 Å². The molecule has 3 unspecified atom stereocenters. The minimum absolute atomic E-state index is 0.0466. The Hall–Kier alpha value is -0.570. The van der Waals surface area contributed by atoms with E-state index >= 15 is 0 Å². The lowest BCUT2D eigenvalue weighted by atomic mass is 9.78. The molecular formula is C11H22N2O. The van der Waals surface area contributed by atoms with Gasteiger partial charge in [-0.25, -0.2) is 0 Å². The number of amides is 1. The van der Waals surface area contributed by atoms with Gasteiger partial charge in [0.2, 0.25) is 5.91 Å². The Kier molecular flexibility index (Phi) is 4.39. The van der Waals surface area contributed by atoms with Crippen LogP contribution in [-0.2, 0) is 4.79 Å². The van der Waals surface area contributed by atoms with Crippen molar-refractivity contribution in [2.75, 3.05) is 6.54 Å². The van der Waals surface area contributed by atoms with E-state index in [-0.39, 0.29) is 17.9 Å². The third kappa shape index (κ3) is 2.71. The van der Waals surface area contributed by atoms with Gasteiger partial charge in [0.1, 0.15) is 0 Å². The van der Waals surface area contributed by atoms with Crippen LogP contribution >= 0.6 is 0 Å². The number of hydrogen-bond donors (Lipinski definition) is 2. The maximum absolute atomic E-state index is 11.7. The Morgan fingerprint density at radius 2 is 2.21 bits per heavy atom. The van der Waals surface area contributed by atoms with Gasteiger partial charge in [0.15, 0.2) is 0 Å². The van der Waals surface area contributed by atoms with Crippen LogP contribution in [0.3, 0.4) is 0 Å². The van der Waals surface area contributed by atoms with Gasteiger partial charge in [-0.3, -0.25) is 4.79 Å². The largest absolute Gasteiger partial charge is 0.356 e. The molecule has 1 fully saturated rings. The van der Waals surface area contributed by atoms with Crippen LogP contribution in [0.15, 0.2) is 0 Å². The standard InChI is InChI=1S/C11H22N2O/c1-3-7-13-11(14)9-6-4-5-8(2)10(9)12/h8-10H,3-7,12H2,1-2H3,(H,13,14). The smallest absolute Gasteiger partial charge is 0.224 e. The third-order valence-corrected chi connectivity index (χ3v) is 3.18. The van der Waals surface area contributed by atoms with Crippen molar-refractivity contribution in [3.05, 3.63) is 0 Å². The Morgan fingerprint density at radius 3 is 2.86 bits per heavy atom. The average molecular weight is 198 g/mol. The predicted octanol–water partition coefficient (Wildman–Crippen LogP) is 1.28. The molecule has 82 valence electrons. The predicted molar refractivity (Wildman–Crippen MR) is 57.8 cm³/mol. The van der Waals surface area contributed by atoms with Crippen molar-refractivity contribution in [1.82, 2.24) is 5.32 Å². The maximum Gasteiger partial charge on any atom is 0.224 e. The topological polar surface area (TPSA) is 55.1 Å². The van der Waals surface area contributed by atoms with Crippen molar-refractivity contribution in [3.63, 3.8) is 0 Å². The molecule has 0 saturated heterocycles. The highest BCUT2D eigenvalue weighted by Gasteiger charge is 2.32. The molecule has 1 aliphatic carbocycles. The van der Waals surface area contributed by atoms with Crippen molar-refractivity contribution >= 4 is 5.91 Å². The van der Waals surface area contributed by atoms with Crippen LogP contribution in [0.1, 0.15) is 39.5 Å². The molecule has 3 nitrogen and oxygen atoms in total. The second kappa shape index (κ2) is 5.35. The van der Waals surface area contributed by atoms with Crippen LogP contribution in [0.4, 0.5) is 0 Å². The Labute approximate surface area is 86.4 Å². The first-order chi connectivity index (χ1) is 6.66. The molecule has 0 aliphatic heterocycles. The van der Waals surface area contributed by atoms with Crippen molar-refractivity contribution in [1.29, 1.82) is 0 Å². The first-order valence-electron chi connectivity index (χ1n) is 5.70. The van der Waals surface area contributed by atoms with Crippen molar-refractivity contribution in [2.45, 2.75) is 45.6 Å². The molecule has 0 spiro atoms. The molecule has 0 aromatic heterocycles. The minimum atomic E-state index is 0.0466. The van der Waals surface area contributed by atoms with E-state index < -0.39 is 0 Å². The van der Waals surface area contributed by atoms with Gasteiger partial charge in [0.25, 0.3) is 0 Å². The van der Waals surface area contributed by atoms with Gasteiger partial charge < -0.3 is 11.1 Å². The van der Waals surface area contributed by atoms with E-state index in [4.69, 9.17) is 5.73 Å². The van der Waals surface area contributed by atoms with Gasteiger partial charge in [-0.1, -0.05) is 20.3 Å². The van der Waals surface area contributed by atoms with Gasteiger partial charge in [-0.15, -0.1) is 0 Å². The molecule has 0 aromatic carbocycles. The molecular weight excluding hydrogens is 176 g/mol. The normalized spacial score (nSPS) is 32.6. The number of hydrogen-bond acceptors (Lipinski definition) is 2. The molecule has 0 bridgehead atoms. The first-order valence-corrected chi connectivity index (χ1v) is 5.70. The zero-order valence-corrected chi connectivity index (χ0v) is 9.25.